The van der Waals surface area contributed by atoms with Gasteiger partial charge in [-0.05, 0) is 77.8 Å². The van der Waals surface area contributed by atoms with Crippen molar-refractivity contribution < 1.29 is 15.0 Å². The molecule has 2 aromatic carbocycles. The number of amides is 1. The van der Waals surface area contributed by atoms with Crippen molar-refractivity contribution in [3.63, 3.8) is 0 Å². The number of carbonyl (C=O) groups excluding carboxylic acids is 1. The molecule has 1 aliphatic heterocycles. The van der Waals surface area contributed by atoms with E-state index in [1.165, 1.54) is 49.7 Å². The van der Waals surface area contributed by atoms with Crippen LogP contribution < -0.4 is 5.32 Å². The van der Waals surface area contributed by atoms with Crippen LogP contribution in [0.5, 0.6) is 0 Å². The Hall–Kier alpha value is -2.77. The standard InChI is InChI=1S/C32H44N4O3/c1-4-5-20-6-8-21(9-7-20)18-36-29(37)16-24-14-22-10-11-23(15-27(22)32(24)36)26(17-30(38)39)25-12-13-28(34-3)31(35-33)19(25)2/h10-13,15,20-21,24,26,30,32-34,38-39H,4-9,14,16-18H2,1-3H3. The van der Waals surface area contributed by atoms with E-state index >= 15 is 0 Å². The van der Waals surface area contributed by atoms with Gasteiger partial charge in [0.2, 0.25) is 5.91 Å². The van der Waals surface area contributed by atoms with Gasteiger partial charge >= 0.3 is 0 Å². The lowest BCUT2D eigenvalue weighted by molar-refractivity contribution is -0.129. The van der Waals surface area contributed by atoms with Crippen LogP contribution in [0.1, 0.15) is 98.1 Å². The molecule has 3 aliphatic rings. The number of fused-ring (bicyclic) bond motifs is 3. The second-order valence-electron chi connectivity index (χ2n) is 12.1. The lowest BCUT2D eigenvalue weighted by atomic mass is 9.79. The summed E-state index contributed by atoms with van der Waals surface area (Å²) in [5, 5.41) is 27.0. The Labute approximate surface area is 232 Å². The molecule has 2 fully saturated rings. The van der Waals surface area contributed by atoms with Gasteiger partial charge in [-0.3, -0.25) is 4.79 Å². The van der Waals surface area contributed by atoms with Crippen LogP contribution in [-0.2, 0) is 11.2 Å². The van der Waals surface area contributed by atoms with Crippen LogP contribution in [0.15, 0.2) is 35.4 Å². The number of benzene rings is 2. The van der Waals surface area contributed by atoms with Crippen LogP contribution in [0, 0.1) is 30.2 Å². The highest BCUT2D eigenvalue weighted by Gasteiger charge is 2.46. The fourth-order valence-electron chi connectivity index (χ4n) is 7.74. The van der Waals surface area contributed by atoms with Crippen LogP contribution >= 0.6 is 0 Å². The highest BCUT2D eigenvalue weighted by molar-refractivity contribution is 5.80. The lowest BCUT2D eigenvalue weighted by Crippen LogP contribution is -2.34. The zero-order valence-corrected chi connectivity index (χ0v) is 23.6. The molecular formula is C32H44N4O3. The van der Waals surface area contributed by atoms with Gasteiger partial charge in [0.15, 0.2) is 6.29 Å². The van der Waals surface area contributed by atoms with Crippen LogP contribution in [-0.4, -0.2) is 40.9 Å². The quantitative estimate of drug-likeness (QED) is 0.205. The predicted octanol–water partition coefficient (Wildman–Crippen LogP) is 6.58. The topological polar surface area (TPSA) is 109 Å². The third-order valence-corrected chi connectivity index (χ3v) is 9.71. The first-order chi connectivity index (χ1) is 18.8. The number of anilines is 1. The van der Waals surface area contributed by atoms with E-state index < -0.39 is 6.29 Å². The molecule has 0 spiro atoms. The Morgan fingerprint density at radius 1 is 1.10 bits per heavy atom. The molecule has 3 unspecified atom stereocenters. The van der Waals surface area contributed by atoms with Gasteiger partial charge in [0.05, 0.1) is 11.7 Å². The monoisotopic (exact) mass is 532 g/mol. The molecule has 5 rings (SSSR count). The summed E-state index contributed by atoms with van der Waals surface area (Å²) in [6.07, 6.45) is 7.84. The highest BCUT2D eigenvalue weighted by atomic mass is 16.5. The summed E-state index contributed by atoms with van der Waals surface area (Å²) in [4.78, 5) is 15.4. The van der Waals surface area contributed by atoms with Crippen LogP contribution in [0.4, 0.5) is 11.4 Å². The number of nitrogens with zero attached hydrogens (tertiary/aromatic N) is 2. The number of nitrogens with one attached hydrogen (secondary N) is 2. The van der Waals surface area contributed by atoms with Gasteiger partial charge in [0.25, 0.3) is 0 Å². The first-order valence-electron chi connectivity index (χ1n) is 14.8. The maximum Gasteiger partial charge on any atom is 0.223 e. The van der Waals surface area contributed by atoms with E-state index in [9.17, 15) is 15.0 Å². The molecule has 2 aliphatic carbocycles. The van der Waals surface area contributed by atoms with E-state index in [1.54, 1.807) is 7.05 Å². The van der Waals surface area contributed by atoms with Crippen molar-refractivity contribution >= 4 is 17.3 Å². The van der Waals surface area contributed by atoms with Crippen molar-refractivity contribution in [3.05, 3.63) is 58.1 Å². The summed E-state index contributed by atoms with van der Waals surface area (Å²) >= 11 is 0. The summed E-state index contributed by atoms with van der Waals surface area (Å²) in [6, 6.07) is 10.5. The molecule has 210 valence electrons. The molecule has 1 amide bonds. The maximum atomic E-state index is 13.2. The van der Waals surface area contributed by atoms with Crippen LogP contribution in [0.25, 0.3) is 0 Å². The first-order valence-corrected chi connectivity index (χ1v) is 14.8. The van der Waals surface area contributed by atoms with E-state index in [0.717, 1.165) is 41.3 Å². The molecule has 0 bridgehead atoms. The number of aliphatic hydroxyl groups is 2. The van der Waals surface area contributed by atoms with Gasteiger partial charge in [-0.1, -0.05) is 56.9 Å². The normalized spacial score (nSPS) is 25.1. The van der Waals surface area contributed by atoms with Gasteiger partial charge < -0.3 is 20.4 Å². The Morgan fingerprint density at radius 3 is 2.51 bits per heavy atom. The van der Waals surface area contributed by atoms with E-state index in [0.29, 0.717) is 29.9 Å². The van der Waals surface area contributed by atoms with Crippen molar-refractivity contribution in [2.45, 2.75) is 89.9 Å². The average molecular weight is 533 g/mol. The Bertz CT molecular complexity index is 1200. The highest BCUT2D eigenvalue weighted by Crippen LogP contribution is 2.49. The van der Waals surface area contributed by atoms with E-state index in [1.807, 2.05) is 19.1 Å². The number of carbonyl (C=O) groups is 1. The second-order valence-corrected chi connectivity index (χ2v) is 12.1. The summed E-state index contributed by atoms with van der Waals surface area (Å²) in [7, 11) is 1.81. The van der Waals surface area contributed by atoms with Crippen molar-refractivity contribution in [2.75, 3.05) is 18.9 Å². The Kier molecular flexibility index (Phi) is 8.38. The maximum absolute atomic E-state index is 13.2. The second kappa shape index (κ2) is 11.8. The summed E-state index contributed by atoms with van der Waals surface area (Å²) in [6.45, 7) is 5.08. The average Bonchev–Trinajstić information content (AvgIpc) is 3.42. The van der Waals surface area contributed by atoms with Crippen molar-refractivity contribution in [3.8, 4) is 0 Å². The number of hydrogen-bond donors (Lipinski definition) is 4. The molecule has 39 heavy (non-hydrogen) atoms. The number of aliphatic hydroxyl groups excluding tert-OH is 1. The molecular weight excluding hydrogens is 488 g/mol. The fourth-order valence-corrected chi connectivity index (χ4v) is 7.74. The zero-order valence-electron chi connectivity index (χ0n) is 23.6. The molecule has 1 saturated heterocycles. The summed E-state index contributed by atoms with van der Waals surface area (Å²) < 4.78 is 0. The number of rotatable bonds is 10. The van der Waals surface area contributed by atoms with Gasteiger partial charge in [-0.2, -0.15) is 5.11 Å². The molecule has 3 atom stereocenters. The van der Waals surface area contributed by atoms with Gasteiger partial charge in [0.1, 0.15) is 5.69 Å². The molecule has 0 radical (unpaired) electrons. The summed E-state index contributed by atoms with van der Waals surface area (Å²) in [5.74, 6) is 1.80. The number of likely N-dealkylation sites (tertiary alicyclic amines) is 1. The van der Waals surface area contributed by atoms with E-state index in [-0.39, 0.29) is 18.4 Å². The first kappa shape index (κ1) is 27.8. The third-order valence-electron chi connectivity index (χ3n) is 9.71. The van der Waals surface area contributed by atoms with E-state index in [4.69, 9.17) is 5.53 Å². The Morgan fingerprint density at radius 2 is 1.85 bits per heavy atom. The fraction of sp³-hybridized carbons (Fsp3) is 0.594. The predicted molar refractivity (Wildman–Crippen MR) is 153 cm³/mol. The van der Waals surface area contributed by atoms with E-state index in [2.05, 4.69) is 40.5 Å². The molecule has 1 saturated carbocycles. The van der Waals surface area contributed by atoms with Crippen molar-refractivity contribution in [2.24, 2.45) is 22.9 Å². The number of hydrogen-bond acceptors (Lipinski definition) is 6. The van der Waals surface area contributed by atoms with Gasteiger partial charge in [-0.25, -0.2) is 5.53 Å². The minimum absolute atomic E-state index is 0.118. The molecule has 0 aromatic heterocycles. The molecule has 2 aromatic rings. The Balaban J connectivity index is 1.44. The van der Waals surface area contributed by atoms with Crippen LogP contribution in [0.2, 0.25) is 0 Å². The van der Waals surface area contributed by atoms with Crippen LogP contribution in [0.3, 0.4) is 0 Å². The minimum Gasteiger partial charge on any atom is -0.386 e. The molecule has 7 nitrogen and oxygen atoms in total. The minimum atomic E-state index is -1.47. The third kappa shape index (κ3) is 5.48. The molecule has 7 heteroatoms. The summed E-state index contributed by atoms with van der Waals surface area (Å²) in [5.41, 5.74) is 14.4. The zero-order chi connectivity index (χ0) is 27.7. The van der Waals surface area contributed by atoms with Crippen molar-refractivity contribution in [1.29, 1.82) is 5.53 Å². The molecule has 1 heterocycles. The van der Waals surface area contributed by atoms with Gasteiger partial charge in [-0.15, -0.1) is 0 Å². The van der Waals surface area contributed by atoms with Gasteiger partial charge in [0, 0.05) is 32.4 Å². The smallest absolute Gasteiger partial charge is 0.223 e. The molecule has 4 N–H and O–H groups in total. The SMILES string of the molecule is CCCC1CCC(CN2C(=O)CC3Cc4ccc(C(CC(O)O)c5ccc(NC)c(N=N)c5C)cc4C32)CC1. The largest absolute Gasteiger partial charge is 0.386 e. The van der Waals surface area contributed by atoms with Crippen molar-refractivity contribution in [1.82, 2.24) is 4.90 Å². The lowest BCUT2D eigenvalue weighted by Gasteiger charge is -2.34.